The van der Waals surface area contributed by atoms with Crippen LogP contribution in [0.4, 0.5) is 13.2 Å². The van der Waals surface area contributed by atoms with Crippen LogP contribution in [0.1, 0.15) is 22.5 Å². The van der Waals surface area contributed by atoms with Gasteiger partial charge >= 0.3 is 6.18 Å². The summed E-state index contributed by atoms with van der Waals surface area (Å²) in [5, 5.41) is 6.57. The van der Waals surface area contributed by atoms with E-state index in [2.05, 4.69) is 21.4 Å². The van der Waals surface area contributed by atoms with E-state index in [4.69, 9.17) is 0 Å². The Hall–Kier alpha value is -0.880. The Kier molecular flexibility index (Phi) is 9.14. The van der Waals surface area contributed by atoms with E-state index in [1.807, 2.05) is 30.3 Å². The highest BCUT2D eigenvalue weighted by atomic mass is 127. The Morgan fingerprint density at radius 3 is 2.68 bits per heavy atom. The standard InChI is InChI=1S/C15H19F3N4S2.HI/c1-3-19-14(22(2)7-6-11-5-4-8-23-11)20-9-13-21-12(10-24-13)15(16,17)18;/h4-5,8,10H,3,6-7,9H2,1-2H3,(H,19,20);1H. The van der Waals surface area contributed by atoms with Gasteiger partial charge in [-0.2, -0.15) is 13.2 Å². The molecule has 1 N–H and O–H groups in total. The molecule has 0 radical (unpaired) electrons. The van der Waals surface area contributed by atoms with Crippen molar-refractivity contribution in [1.29, 1.82) is 0 Å². The van der Waals surface area contributed by atoms with Gasteiger partial charge in [0.25, 0.3) is 0 Å². The van der Waals surface area contributed by atoms with E-state index >= 15 is 0 Å². The Balaban J connectivity index is 0.00000312. The van der Waals surface area contributed by atoms with E-state index in [0.29, 0.717) is 17.5 Å². The Morgan fingerprint density at radius 1 is 1.36 bits per heavy atom. The molecule has 0 amide bonds. The summed E-state index contributed by atoms with van der Waals surface area (Å²) in [5.74, 6) is 0.665. The second-order valence-corrected chi connectivity index (χ2v) is 7.02. The molecule has 2 heterocycles. The van der Waals surface area contributed by atoms with E-state index in [1.54, 1.807) is 11.3 Å². The molecule has 2 rings (SSSR count). The average Bonchev–Trinajstić information content (AvgIpc) is 3.19. The summed E-state index contributed by atoms with van der Waals surface area (Å²) in [6, 6.07) is 4.09. The number of rotatable bonds is 6. The summed E-state index contributed by atoms with van der Waals surface area (Å²) >= 11 is 2.68. The molecule has 0 aliphatic carbocycles. The first-order chi connectivity index (χ1) is 11.4. The van der Waals surface area contributed by atoms with Crippen LogP contribution in [0, 0.1) is 0 Å². The van der Waals surface area contributed by atoms with Crippen LogP contribution in [0.25, 0.3) is 0 Å². The molecule has 0 aliphatic rings. The topological polar surface area (TPSA) is 40.5 Å². The summed E-state index contributed by atoms with van der Waals surface area (Å²) in [5.41, 5.74) is -0.853. The highest BCUT2D eigenvalue weighted by molar-refractivity contribution is 14.0. The maximum Gasteiger partial charge on any atom is 0.434 e. The van der Waals surface area contributed by atoms with E-state index in [-0.39, 0.29) is 30.5 Å². The second kappa shape index (κ2) is 10.3. The predicted octanol–water partition coefficient (Wildman–Crippen LogP) is 4.48. The largest absolute Gasteiger partial charge is 0.434 e. The van der Waals surface area contributed by atoms with E-state index in [1.165, 1.54) is 4.88 Å². The molecule has 0 unspecified atom stereocenters. The second-order valence-electron chi connectivity index (χ2n) is 5.05. The molecule has 0 atom stereocenters. The average molecular weight is 504 g/mol. The number of aromatic nitrogens is 1. The van der Waals surface area contributed by atoms with Gasteiger partial charge in [0.2, 0.25) is 0 Å². The van der Waals surface area contributed by atoms with E-state index < -0.39 is 11.9 Å². The number of alkyl halides is 3. The fourth-order valence-corrected chi connectivity index (χ4v) is 3.39. The number of thiazole rings is 1. The number of guanidine groups is 1. The predicted molar refractivity (Wildman–Crippen MR) is 108 cm³/mol. The molecule has 0 spiro atoms. The molecule has 0 aromatic carbocycles. The maximum absolute atomic E-state index is 12.6. The maximum atomic E-state index is 12.6. The zero-order valence-electron chi connectivity index (χ0n) is 13.8. The number of hydrogen-bond acceptors (Lipinski definition) is 4. The third-order valence-corrected chi connectivity index (χ3v) is 4.95. The van der Waals surface area contributed by atoms with Crippen LogP contribution >= 0.6 is 46.7 Å². The molecule has 0 saturated heterocycles. The van der Waals surface area contributed by atoms with Crippen LogP contribution in [-0.2, 0) is 19.1 Å². The number of hydrogen-bond donors (Lipinski definition) is 1. The number of thiophene rings is 1. The van der Waals surface area contributed by atoms with Gasteiger partial charge in [0.15, 0.2) is 11.7 Å². The molecule has 2 aromatic rings. The molecule has 2 aromatic heterocycles. The van der Waals surface area contributed by atoms with E-state index in [0.717, 1.165) is 29.7 Å². The summed E-state index contributed by atoms with van der Waals surface area (Å²) in [4.78, 5) is 11.3. The summed E-state index contributed by atoms with van der Waals surface area (Å²) in [6.45, 7) is 3.55. The molecule has 0 fully saturated rings. The molecule has 10 heteroatoms. The normalized spacial score (nSPS) is 12.0. The monoisotopic (exact) mass is 504 g/mol. The SMILES string of the molecule is CCNC(=NCc1nc(C(F)(F)F)cs1)N(C)CCc1cccs1.I. The first-order valence-corrected chi connectivity index (χ1v) is 9.19. The fraction of sp³-hybridized carbons (Fsp3) is 0.467. The lowest BCUT2D eigenvalue weighted by Gasteiger charge is -2.21. The van der Waals surface area contributed by atoms with Crippen molar-refractivity contribution < 1.29 is 13.2 Å². The summed E-state index contributed by atoms with van der Waals surface area (Å²) in [7, 11) is 1.91. The molecule has 0 bridgehead atoms. The molecule has 140 valence electrons. The molecule has 0 saturated carbocycles. The van der Waals surface area contributed by atoms with Gasteiger partial charge in [-0.1, -0.05) is 6.07 Å². The number of nitrogens with one attached hydrogen (secondary N) is 1. The van der Waals surface area contributed by atoms with Crippen molar-refractivity contribution in [1.82, 2.24) is 15.2 Å². The minimum Gasteiger partial charge on any atom is -0.357 e. The van der Waals surface area contributed by atoms with Crippen LogP contribution in [0.15, 0.2) is 27.9 Å². The fourth-order valence-electron chi connectivity index (χ4n) is 1.96. The quantitative estimate of drug-likeness (QED) is 0.359. The minimum atomic E-state index is -4.40. The van der Waals surface area contributed by atoms with Crippen molar-refractivity contribution in [2.24, 2.45) is 4.99 Å². The minimum absolute atomic E-state index is 0. The van der Waals surface area contributed by atoms with Crippen molar-refractivity contribution in [2.45, 2.75) is 26.1 Å². The lowest BCUT2D eigenvalue weighted by Crippen LogP contribution is -2.39. The Morgan fingerprint density at radius 2 is 2.12 bits per heavy atom. The van der Waals surface area contributed by atoms with Gasteiger partial charge in [0.05, 0.1) is 6.54 Å². The number of aliphatic imine (C=N–C) groups is 1. The van der Waals surface area contributed by atoms with Crippen molar-refractivity contribution >= 4 is 52.6 Å². The Labute approximate surface area is 170 Å². The highest BCUT2D eigenvalue weighted by Crippen LogP contribution is 2.30. The highest BCUT2D eigenvalue weighted by Gasteiger charge is 2.33. The van der Waals surface area contributed by atoms with Crippen LogP contribution in [0.3, 0.4) is 0 Å². The number of halogens is 4. The van der Waals surface area contributed by atoms with Crippen molar-refractivity contribution in [3.05, 3.63) is 38.5 Å². The number of likely N-dealkylation sites (N-methyl/N-ethyl adjacent to an activating group) is 1. The van der Waals surface area contributed by atoms with E-state index in [9.17, 15) is 13.2 Å². The van der Waals surface area contributed by atoms with Gasteiger partial charge in [-0.3, -0.25) is 0 Å². The first kappa shape index (κ1) is 22.2. The molecular formula is C15H20F3IN4S2. The van der Waals surface area contributed by atoms with Crippen molar-refractivity contribution in [3.8, 4) is 0 Å². The summed E-state index contributed by atoms with van der Waals surface area (Å²) < 4.78 is 37.7. The smallest absolute Gasteiger partial charge is 0.357 e. The van der Waals surface area contributed by atoms with Gasteiger partial charge in [-0.15, -0.1) is 46.7 Å². The molecular weight excluding hydrogens is 484 g/mol. The molecule has 0 aliphatic heterocycles. The lowest BCUT2D eigenvalue weighted by atomic mass is 10.3. The summed E-state index contributed by atoms with van der Waals surface area (Å²) in [6.07, 6.45) is -3.51. The van der Waals surface area contributed by atoms with Gasteiger partial charge < -0.3 is 10.2 Å². The first-order valence-electron chi connectivity index (χ1n) is 7.43. The zero-order chi connectivity index (χ0) is 17.6. The van der Waals surface area contributed by atoms with Crippen LogP contribution < -0.4 is 5.32 Å². The van der Waals surface area contributed by atoms with Gasteiger partial charge in [-0.25, -0.2) is 9.98 Å². The molecule has 25 heavy (non-hydrogen) atoms. The van der Waals surface area contributed by atoms with Crippen LogP contribution in [0.5, 0.6) is 0 Å². The van der Waals surface area contributed by atoms with Gasteiger partial charge in [0.1, 0.15) is 5.01 Å². The van der Waals surface area contributed by atoms with Crippen LogP contribution in [-0.4, -0.2) is 36.0 Å². The van der Waals surface area contributed by atoms with Crippen molar-refractivity contribution in [3.63, 3.8) is 0 Å². The Bertz CT molecular complexity index is 656. The van der Waals surface area contributed by atoms with Gasteiger partial charge in [-0.05, 0) is 24.8 Å². The number of nitrogens with zero attached hydrogens (tertiary/aromatic N) is 3. The van der Waals surface area contributed by atoms with Gasteiger partial charge in [0, 0.05) is 30.4 Å². The zero-order valence-corrected chi connectivity index (χ0v) is 17.8. The molecule has 4 nitrogen and oxygen atoms in total. The van der Waals surface area contributed by atoms with Crippen LogP contribution in [0.2, 0.25) is 0 Å². The third-order valence-electron chi connectivity index (χ3n) is 3.18. The lowest BCUT2D eigenvalue weighted by molar-refractivity contribution is -0.140. The van der Waals surface area contributed by atoms with Crippen molar-refractivity contribution in [2.75, 3.05) is 20.1 Å². The third kappa shape index (κ3) is 7.10.